The van der Waals surface area contributed by atoms with Gasteiger partial charge in [-0.3, -0.25) is 0 Å². The summed E-state index contributed by atoms with van der Waals surface area (Å²) in [4.78, 5) is 7.68. The molecule has 0 saturated heterocycles. The topological polar surface area (TPSA) is 30.7 Å². The van der Waals surface area contributed by atoms with Crippen LogP contribution in [0.4, 0.5) is 0 Å². The second kappa shape index (κ2) is 13.4. The van der Waals surface area contributed by atoms with Crippen LogP contribution in [0.25, 0.3) is 63.2 Å². The molecule has 5 aromatic heterocycles. The van der Waals surface area contributed by atoms with Gasteiger partial charge in [0.2, 0.25) is 0 Å². The van der Waals surface area contributed by atoms with Crippen LogP contribution in [0.15, 0.2) is 114 Å². The van der Waals surface area contributed by atoms with Crippen LogP contribution >= 0.6 is 45.3 Å². The fraction of sp³-hybridized carbons (Fsp3) is 0.0976. The first-order valence-corrected chi connectivity index (χ1v) is 19.5. The van der Waals surface area contributed by atoms with E-state index in [0.717, 1.165) is 28.3 Å². The van der Waals surface area contributed by atoms with Crippen molar-refractivity contribution in [3.63, 3.8) is 0 Å². The first-order valence-electron chi connectivity index (χ1n) is 16.1. The number of aromatic nitrogens is 3. The Hall–Kier alpha value is -4.47. The summed E-state index contributed by atoms with van der Waals surface area (Å²) in [5.74, 6) is 3.93. The van der Waals surface area contributed by atoms with Crippen molar-refractivity contribution < 1.29 is 0 Å². The number of benzene rings is 3. The van der Waals surface area contributed by atoms with E-state index in [4.69, 9.17) is 10.2 Å². The number of aryl methyl sites for hydroxylation is 3. The third kappa shape index (κ3) is 6.38. The van der Waals surface area contributed by atoms with Gasteiger partial charge in [0.15, 0.2) is 0 Å². The van der Waals surface area contributed by atoms with Crippen LogP contribution in [0.1, 0.15) is 22.3 Å². The zero-order valence-electron chi connectivity index (χ0n) is 27.6. The molecule has 49 heavy (non-hydrogen) atoms. The van der Waals surface area contributed by atoms with Crippen LogP contribution in [-0.4, -0.2) is 27.7 Å². The molecule has 0 atom stereocenters. The monoisotopic (exact) mass is 705 g/mol. The van der Waals surface area contributed by atoms with Crippen molar-refractivity contribution in [2.45, 2.75) is 20.8 Å². The number of rotatable bonds is 8. The Kier molecular flexibility index (Phi) is 8.72. The Morgan fingerprint density at radius 2 is 1.16 bits per heavy atom. The van der Waals surface area contributed by atoms with Crippen molar-refractivity contribution in [3.8, 4) is 63.2 Å². The second-order valence-corrected chi connectivity index (χ2v) is 16.3. The average molecular weight is 706 g/mol. The van der Waals surface area contributed by atoms with Gasteiger partial charge in [-0.2, -0.15) is 0 Å². The molecule has 0 aliphatic rings. The molecule has 0 aliphatic heterocycles. The van der Waals surface area contributed by atoms with E-state index in [2.05, 4.69) is 159 Å². The van der Waals surface area contributed by atoms with E-state index in [1.54, 1.807) is 22.7 Å². The van der Waals surface area contributed by atoms with E-state index in [-0.39, 0.29) is 0 Å². The maximum atomic E-state index is 4.79. The molecule has 0 unspecified atom stereocenters. The van der Waals surface area contributed by atoms with E-state index in [1.807, 2.05) is 22.7 Å². The second-order valence-electron chi connectivity index (χ2n) is 12.2. The van der Waals surface area contributed by atoms with Gasteiger partial charge in [-0.15, -0.1) is 11.3 Å². The molecule has 3 nitrogen and oxygen atoms in total. The predicted octanol–water partition coefficient (Wildman–Crippen LogP) is 11.2. The normalized spacial score (nSPS) is 11.4. The van der Waals surface area contributed by atoms with Crippen molar-refractivity contribution in [2.24, 2.45) is 7.05 Å². The zero-order chi connectivity index (χ0) is 33.5. The van der Waals surface area contributed by atoms with Gasteiger partial charge in [-0.1, -0.05) is 6.07 Å². The molecule has 0 saturated carbocycles. The fourth-order valence-corrected chi connectivity index (χ4v) is 10.1. The van der Waals surface area contributed by atoms with Gasteiger partial charge in [0.05, 0.1) is 0 Å². The first-order chi connectivity index (χ1) is 23.9. The number of hydrogen-bond donors (Lipinski definition) is 0. The molecule has 0 fully saturated rings. The van der Waals surface area contributed by atoms with Crippen molar-refractivity contribution in [1.82, 2.24) is 14.8 Å². The molecule has 238 valence electrons. The molecule has 8 heteroatoms. The van der Waals surface area contributed by atoms with Gasteiger partial charge >= 0.3 is 272 Å². The quantitative estimate of drug-likeness (QED) is 0.147. The number of thiophene rings is 4. The Bertz CT molecular complexity index is 2420. The summed E-state index contributed by atoms with van der Waals surface area (Å²) < 4.78 is 2.12. The molecule has 0 bridgehead atoms. The van der Waals surface area contributed by atoms with Crippen molar-refractivity contribution in [2.75, 3.05) is 0 Å². The minimum absolute atomic E-state index is 0.838. The Morgan fingerprint density at radius 1 is 0.571 bits per heavy atom. The molecular weight excluding hydrogens is 674 g/mol. The third-order valence-electron chi connectivity index (χ3n) is 8.76. The van der Waals surface area contributed by atoms with Crippen LogP contribution in [0.5, 0.6) is 0 Å². The molecule has 0 N–H and O–H groups in total. The van der Waals surface area contributed by atoms with E-state index in [0.29, 0.717) is 0 Å². The Balaban J connectivity index is 1.18. The van der Waals surface area contributed by atoms with Crippen molar-refractivity contribution >= 4 is 63.7 Å². The molecule has 0 aliphatic carbocycles. The van der Waals surface area contributed by atoms with Gasteiger partial charge in [0.1, 0.15) is 0 Å². The zero-order valence-corrected chi connectivity index (χ0v) is 30.9. The van der Waals surface area contributed by atoms with Crippen LogP contribution in [-0.2, 0) is 7.05 Å². The van der Waals surface area contributed by atoms with Crippen molar-refractivity contribution in [1.29, 1.82) is 0 Å². The number of hydrogen-bond acceptors (Lipinski definition) is 6. The fourth-order valence-electron chi connectivity index (χ4n) is 6.40. The maximum absolute atomic E-state index is 4.79. The van der Waals surface area contributed by atoms with E-state index in [9.17, 15) is 0 Å². The summed E-state index contributed by atoms with van der Waals surface area (Å²) in [6.45, 7) is 8.79. The standard InChI is InChI=1S/C41H32BN3S4/c1-25-20-26(2)39(27(3)21-25)42-24-31-23-29(34-15-17-38(49-34)36-11-7-19-47-36)12-13-32(31)41-44-43-40(45(41)4)30-9-5-8-28(22-30)33-14-16-37(48-33)35-10-6-18-46-35/h5-24H,1-4H3. The number of nitrogens with zero attached hydrogens (tertiary/aromatic N) is 3. The summed E-state index contributed by atoms with van der Waals surface area (Å²) in [7, 11) is 2.07. The van der Waals surface area contributed by atoms with Gasteiger partial charge in [0.25, 0.3) is 0 Å². The summed E-state index contributed by atoms with van der Waals surface area (Å²) >= 11 is 7.22. The summed E-state index contributed by atoms with van der Waals surface area (Å²) in [6.07, 6.45) is 0. The average Bonchev–Trinajstić information content (AvgIpc) is 3.94. The molecule has 0 radical (unpaired) electrons. The Morgan fingerprint density at radius 3 is 1.80 bits per heavy atom. The van der Waals surface area contributed by atoms with Crippen LogP contribution in [0, 0.1) is 20.8 Å². The summed E-state index contributed by atoms with van der Waals surface area (Å²) in [5, 5.41) is 13.8. The van der Waals surface area contributed by atoms with Gasteiger partial charge in [-0.25, -0.2) is 0 Å². The minimum atomic E-state index is 0.838. The molecule has 5 heterocycles. The van der Waals surface area contributed by atoms with Crippen molar-refractivity contribution in [3.05, 3.63) is 136 Å². The van der Waals surface area contributed by atoms with Gasteiger partial charge in [-0.05, 0) is 11.4 Å². The van der Waals surface area contributed by atoms with E-state index in [1.165, 1.54) is 62.5 Å². The first kappa shape index (κ1) is 31.8. The molecular formula is C41H32BN3S4. The van der Waals surface area contributed by atoms with E-state index < -0.39 is 0 Å². The summed E-state index contributed by atoms with van der Waals surface area (Å²) in [5.41, 5.74) is 10.7. The molecule has 3 aromatic carbocycles. The molecule has 8 aromatic rings. The molecule has 0 spiro atoms. The van der Waals surface area contributed by atoms with Gasteiger partial charge < -0.3 is 0 Å². The van der Waals surface area contributed by atoms with Crippen LogP contribution in [0.2, 0.25) is 0 Å². The predicted molar refractivity (Wildman–Crippen MR) is 216 cm³/mol. The Labute approximate surface area is 303 Å². The molecule has 8 rings (SSSR count). The van der Waals surface area contributed by atoms with Crippen LogP contribution in [0.3, 0.4) is 0 Å². The molecule has 0 amide bonds. The van der Waals surface area contributed by atoms with Crippen LogP contribution < -0.4 is 5.46 Å². The van der Waals surface area contributed by atoms with Gasteiger partial charge in [0, 0.05) is 4.88 Å². The van der Waals surface area contributed by atoms with E-state index >= 15 is 0 Å². The summed E-state index contributed by atoms with van der Waals surface area (Å²) in [6, 6.07) is 37.4. The third-order valence-corrected chi connectivity index (χ3v) is 13.2. The SMILES string of the molecule is Cc1cc(C)c(B=Cc2cc(-c3ccc(-c4cccs4)s3)ccc2-c2nnc(-c3cccc(-c4ccc(-c5cccs5)s4)c3)n2C)c(C)c1.